The molecule has 15 heavy (non-hydrogen) atoms. The Morgan fingerprint density at radius 3 is 2.60 bits per heavy atom. The summed E-state index contributed by atoms with van der Waals surface area (Å²) in [5.41, 5.74) is 0. The van der Waals surface area contributed by atoms with E-state index in [1.807, 2.05) is 6.20 Å². The predicted molar refractivity (Wildman–Crippen MR) is 61.0 cm³/mol. The summed E-state index contributed by atoms with van der Waals surface area (Å²) in [4.78, 5) is 13.4. The molecule has 1 rings (SSSR count). The maximum absolute atomic E-state index is 9.00. The number of rotatable bonds is 4. The van der Waals surface area contributed by atoms with Gasteiger partial charge in [0.2, 0.25) is 0 Å². The molecule has 0 unspecified atom stereocenters. The first-order chi connectivity index (χ1) is 7.10. The van der Waals surface area contributed by atoms with Gasteiger partial charge in [-0.2, -0.15) is 0 Å². The van der Waals surface area contributed by atoms with Crippen LogP contribution in [0.15, 0.2) is 25.2 Å². The Morgan fingerprint density at radius 2 is 2.20 bits per heavy atom. The third-order valence-electron chi connectivity index (χ3n) is 1.85. The third-order valence-corrected chi connectivity index (χ3v) is 1.85. The Bertz CT molecular complexity index is 223. The van der Waals surface area contributed by atoms with Crippen LogP contribution in [0.2, 0.25) is 0 Å². The standard InChI is InChI=1S/C9H16N2.C2H4O2/c1-3-5-6-11-8-7-10(4-2)9-11;1-2(3)4/h4,7-8H,2-3,5-6,9H2,1H3;1H3,(H,3,4). The number of carbonyl (C=O) groups is 1. The minimum Gasteiger partial charge on any atom is -0.481 e. The molecular formula is C11H20N2O2. The van der Waals surface area contributed by atoms with Gasteiger partial charge < -0.3 is 14.9 Å². The molecule has 86 valence electrons. The summed E-state index contributed by atoms with van der Waals surface area (Å²) in [5, 5.41) is 7.42. The van der Waals surface area contributed by atoms with Gasteiger partial charge in [0.05, 0.1) is 6.67 Å². The minimum absolute atomic E-state index is 0.833. The lowest BCUT2D eigenvalue weighted by Crippen LogP contribution is -2.22. The van der Waals surface area contributed by atoms with Crippen LogP contribution < -0.4 is 0 Å². The molecule has 1 aliphatic heterocycles. The van der Waals surface area contributed by atoms with E-state index in [0.29, 0.717) is 0 Å². The number of carboxylic acids is 1. The van der Waals surface area contributed by atoms with Crippen LogP contribution in [0.25, 0.3) is 0 Å². The average molecular weight is 212 g/mol. The molecule has 4 nitrogen and oxygen atoms in total. The highest BCUT2D eigenvalue weighted by Crippen LogP contribution is 2.06. The normalized spacial score (nSPS) is 13.5. The smallest absolute Gasteiger partial charge is 0.300 e. The van der Waals surface area contributed by atoms with E-state index in [1.165, 1.54) is 12.8 Å². The molecule has 1 N–H and O–H groups in total. The second-order valence-electron chi connectivity index (χ2n) is 3.32. The van der Waals surface area contributed by atoms with Crippen molar-refractivity contribution in [1.29, 1.82) is 0 Å². The van der Waals surface area contributed by atoms with Gasteiger partial charge in [-0.3, -0.25) is 4.79 Å². The molecule has 1 aliphatic rings. The highest BCUT2D eigenvalue weighted by atomic mass is 16.4. The maximum atomic E-state index is 9.00. The van der Waals surface area contributed by atoms with E-state index in [-0.39, 0.29) is 0 Å². The molecule has 0 atom stereocenters. The monoisotopic (exact) mass is 212 g/mol. The van der Waals surface area contributed by atoms with Gasteiger partial charge in [0.15, 0.2) is 0 Å². The summed E-state index contributed by atoms with van der Waals surface area (Å²) in [7, 11) is 0. The topological polar surface area (TPSA) is 43.8 Å². The Hall–Kier alpha value is -1.45. The molecule has 1 heterocycles. The molecule has 0 amide bonds. The fraction of sp³-hybridized carbons (Fsp3) is 0.545. The molecule has 0 aromatic heterocycles. The Balaban J connectivity index is 0.000000423. The van der Waals surface area contributed by atoms with Crippen LogP contribution in [0.4, 0.5) is 0 Å². The summed E-state index contributed by atoms with van der Waals surface area (Å²) < 4.78 is 0. The van der Waals surface area contributed by atoms with Crippen molar-refractivity contribution in [3.05, 3.63) is 25.2 Å². The number of hydrogen-bond acceptors (Lipinski definition) is 3. The molecule has 0 saturated heterocycles. The van der Waals surface area contributed by atoms with Crippen molar-refractivity contribution < 1.29 is 9.90 Å². The summed E-state index contributed by atoms with van der Waals surface area (Å²) in [5.74, 6) is -0.833. The van der Waals surface area contributed by atoms with E-state index in [1.54, 1.807) is 0 Å². The summed E-state index contributed by atoms with van der Waals surface area (Å²) in [6.07, 6.45) is 8.57. The van der Waals surface area contributed by atoms with Crippen molar-refractivity contribution in [3.63, 3.8) is 0 Å². The van der Waals surface area contributed by atoms with Crippen molar-refractivity contribution in [2.75, 3.05) is 13.2 Å². The van der Waals surface area contributed by atoms with Gasteiger partial charge in [-0.05, 0) is 12.6 Å². The van der Waals surface area contributed by atoms with Crippen LogP contribution >= 0.6 is 0 Å². The summed E-state index contributed by atoms with van der Waals surface area (Å²) in [6.45, 7) is 9.14. The van der Waals surface area contributed by atoms with E-state index in [0.717, 1.165) is 20.1 Å². The Labute approximate surface area is 91.5 Å². The number of aliphatic carboxylic acids is 1. The number of unbranched alkanes of at least 4 members (excludes halogenated alkanes) is 1. The SMILES string of the molecule is C=CN1C=CN(CCCC)C1.CC(=O)O. The zero-order chi connectivity index (χ0) is 11.7. The van der Waals surface area contributed by atoms with E-state index < -0.39 is 5.97 Å². The fourth-order valence-electron chi connectivity index (χ4n) is 1.11. The zero-order valence-corrected chi connectivity index (χ0v) is 9.52. The van der Waals surface area contributed by atoms with Gasteiger partial charge >= 0.3 is 0 Å². The van der Waals surface area contributed by atoms with Gasteiger partial charge in [0.25, 0.3) is 5.97 Å². The minimum atomic E-state index is -0.833. The van der Waals surface area contributed by atoms with Crippen LogP contribution in [-0.2, 0) is 4.79 Å². The van der Waals surface area contributed by atoms with Crippen molar-refractivity contribution in [2.24, 2.45) is 0 Å². The Morgan fingerprint density at radius 1 is 1.60 bits per heavy atom. The lowest BCUT2D eigenvalue weighted by Gasteiger charge is -2.17. The second kappa shape index (κ2) is 7.91. The molecule has 0 aromatic carbocycles. The van der Waals surface area contributed by atoms with Crippen molar-refractivity contribution in [3.8, 4) is 0 Å². The van der Waals surface area contributed by atoms with Gasteiger partial charge in [-0.15, -0.1) is 0 Å². The first-order valence-electron chi connectivity index (χ1n) is 5.10. The van der Waals surface area contributed by atoms with Crippen molar-refractivity contribution in [2.45, 2.75) is 26.7 Å². The quantitative estimate of drug-likeness (QED) is 0.774. The molecule has 0 bridgehead atoms. The number of carboxylic acid groups (broad SMARTS) is 1. The lowest BCUT2D eigenvalue weighted by atomic mass is 10.3. The van der Waals surface area contributed by atoms with E-state index in [4.69, 9.17) is 9.90 Å². The van der Waals surface area contributed by atoms with Crippen molar-refractivity contribution >= 4 is 5.97 Å². The van der Waals surface area contributed by atoms with E-state index >= 15 is 0 Å². The summed E-state index contributed by atoms with van der Waals surface area (Å²) >= 11 is 0. The number of hydrogen-bond donors (Lipinski definition) is 1. The first kappa shape index (κ1) is 13.5. The van der Waals surface area contributed by atoms with Gasteiger partial charge in [-0.25, -0.2) is 0 Å². The Kier molecular flexibility index (Phi) is 7.14. The largest absolute Gasteiger partial charge is 0.481 e. The molecule has 0 fully saturated rings. The van der Waals surface area contributed by atoms with Crippen LogP contribution in [0.1, 0.15) is 26.7 Å². The average Bonchev–Trinajstić information content (AvgIpc) is 2.61. The fourth-order valence-corrected chi connectivity index (χ4v) is 1.11. The predicted octanol–water partition coefficient (Wildman–Crippen LogP) is 2.07. The maximum Gasteiger partial charge on any atom is 0.300 e. The first-order valence-corrected chi connectivity index (χ1v) is 5.10. The van der Waals surface area contributed by atoms with Crippen LogP contribution in [-0.4, -0.2) is 34.1 Å². The van der Waals surface area contributed by atoms with Gasteiger partial charge in [0.1, 0.15) is 0 Å². The van der Waals surface area contributed by atoms with Crippen LogP contribution in [0, 0.1) is 0 Å². The molecular weight excluding hydrogens is 192 g/mol. The third kappa shape index (κ3) is 7.61. The molecule has 0 saturated carbocycles. The second-order valence-corrected chi connectivity index (χ2v) is 3.32. The zero-order valence-electron chi connectivity index (χ0n) is 9.52. The molecule has 4 heteroatoms. The molecule has 0 radical (unpaired) electrons. The van der Waals surface area contributed by atoms with E-state index in [9.17, 15) is 0 Å². The molecule has 0 aromatic rings. The molecule has 0 spiro atoms. The van der Waals surface area contributed by atoms with E-state index in [2.05, 4.69) is 35.7 Å². The van der Waals surface area contributed by atoms with Gasteiger partial charge in [0, 0.05) is 25.9 Å². The van der Waals surface area contributed by atoms with Crippen LogP contribution in [0.5, 0.6) is 0 Å². The molecule has 0 aliphatic carbocycles. The highest BCUT2D eigenvalue weighted by Gasteiger charge is 2.07. The van der Waals surface area contributed by atoms with Crippen molar-refractivity contribution in [1.82, 2.24) is 9.80 Å². The summed E-state index contributed by atoms with van der Waals surface area (Å²) in [6, 6.07) is 0. The van der Waals surface area contributed by atoms with Crippen LogP contribution in [0.3, 0.4) is 0 Å². The van der Waals surface area contributed by atoms with Gasteiger partial charge in [-0.1, -0.05) is 19.9 Å². The highest BCUT2D eigenvalue weighted by molar-refractivity contribution is 5.62. The number of nitrogens with zero attached hydrogens (tertiary/aromatic N) is 2. The lowest BCUT2D eigenvalue weighted by molar-refractivity contribution is -0.134.